The van der Waals surface area contributed by atoms with Crippen LogP contribution < -0.4 is 5.56 Å². The zero-order chi connectivity index (χ0) is 14.0. The summed E-state index contributed by atoms with van der Waals surface area (Å²) >= 11 is -0.143. The van der Waals surface area contributed by atoms with E-state index in [1.54, 1.807) is 10.5 Å². The molecule has 1 aromatic carbocycles. The zero-order valence-corrected chi connectivity index (χ0v) is 13.0. The van der Waals surface area contributed by atoms with E-state index in [0.717, 1.165) is 9.65 Å². The third kappa shape index (κ3) is 2.67. The van der Waals surface area contributed by atoms with Crippen molar-refractivity contribution in [2.45, 2.75) is 26.8 Å². The second kappa shape index (κ2) is 5.76. The number of hydrogen-bond donors (Lipinski definition) is 0. The second-order valence-corrected chi connectivity index (χ2v) is 6.79. The van der Waals surface area contributed by atoms with Gasteiger partial charge in [0.15, 0.2) is 0 Å². The molecule has 5 heteroatoms. The molecule has 2 aromatic rings. The Hall–Kier alpha value is -1.32. The Morgan fingerprint density at radius 2 is 2.05 bits per heavy atom. The number of esters is 1. The van der Waals surface area contributed by atoms with Crippen LogP contribution >= 0.6 is 0 Å². The average Bonchev–Trinajstić information content (AvgIpc) is 2.68. The van der Waals surface area contributed by atoms with Crippen LogP contribution in [0.1, 0.15) is 26.8 Å². The first-order valence-corrected chi connectivity index (χ1v) is 7.95. The van der Waals surface area contributed by atoms with Crippen LogP contribution in [0.5, 0.6) is 0 Å². The van der Waals surface area contributed by atoms with Crippen LogP contribution in [0.4, 0.5) is 0 Å². The molecule has 0 bridgehead atoms. The molecule has 4 nitrogen and oxygen atoms in total. The van der Waals surface area contributed by atoms with Gasteiger partial charge in [-0.2, -0.15) is 0 Å². The van der Waals surface area contributed by atoms with Gasteiger partial charge in [0.1, 0.15) is 0 Å². The van der Waals surface area contributed by atoms with Crippen LogP contribution in [-0.2, 0) is 9.53 Å². The van der Waals surface area contributed by atoms with Gasteiger partial charge in [-0.3, -0.25) is 0 Å². The van der Waals surface area contributed by atoms with E-state index >= 15 is 0 Å². The third-order valence-corrected chi connectivity index (χ3v) is 5.32. The van der Waals surface area contributed by atoms with Gasteiger partial charge in [0.2, 0.25) is 0 Å². The molecule has 1 atom stereocenters. The Morgan fingerprint density at radius 1 is 1.37 bits per heavy atom. The number of rotatable bonds is 4. The number of carbonyl (C=O) groups is 1. The third-order valence-electron chi connectivity index (χ3n) is 2.93. The summed E-state index contributed by atoms with van der Waals surface area (Å²) < 4.78 is 7.82. The molecule has 1 aromatic heterocycles. The molecule has 19 heavy (non-hydrogen) atoms. The van der Waals surface area contributed by atoms with E-state index in [1.807, 2.05) is 38.1 Å². The summed E-state index contributed by atoms with van der Waals surface area (Å²) in [6.07, 6.45) is 0. The Bertz CT molecular complexity index is 641. The van der Waals surface area contributed by atoms with Crippen LogP contribution in [0.3, 0.4) is 0 Å². The van der Waals surface area contributed by atoms with Gasteiger partial charge in [0, 0.05) is 0 Å². The van der Waals surface area contributed by atoms with Gasteiger partial charge in [-0.05, 0) is 0 Å². The molecule has 1 heterocycles. The average molecular weight is 326 g/mol. The molecular formula is C14H17NO3Se. The van der Waals surface area contributed by atoms with Crippen molar-refractivity contribution < 1.29 is 9.53 Å². The number of benzene rings is 1. The van der Waals surface area contributed by atoms with E-state index in [1.165, 1.54) is 0 Å². The van der Waals surface area contributed by atoms with Crippen LogP contribution in [0.15, 0.2) is 29.1 Å². The van der Waals surface area contributed by atoms with Crippen LogP contribution in [0.25, 0.3) is 9.65 Å². The number of fused-ring (bicyclic) bond motifs is 1. The fourth-order valence-corrected chi connectivity index (χ4v) is 4.62. The molecule has 0 fully saturated rings. The molecule has 0 aliphatic heterocycles. The van der Waals surface area contributed by atoms with Crippen LogP contribution in [0, 0.1) is 5.92 Å². The summed E-state index contributed by atoms with van der Waals surface area (Å²) in [7, 11) is 0. The van der Waals surface area contributed by atoms with Gasteiger partial charge >= 0.3 is 117 Å². The van der Waals surface area contributed by atoms with Crippen molar-refractivity contribution in [2.75, 3.05) is 6.61 Å². The summed E-state index contributed by atoms with van der Waals surface area (Å²) in [5, 5.41) is 0.720. The minimum absolute atomic E-state index is 0.0409. The second-order valence-electron chi connectivity index (χ2n) is 4.66. The van der Waals surface area contributed by atoms with Crippen molar-refractivity contribution in [3.63, 3.8) is 0 Å². The number of carbonyl (C=O) groups excluding carboxylic acids is 1. The topological polar surface area (TPSA) is 48.3 Å². The molecule has 0 saturated heterocycles. The van der Waals surface area contributed by atoms with Crippen molar-refractivity contribution in [3.8, 4) is 0 Å². The standard InChI is InChI=1S/C14H17NO3Se/c1-4-18-14(17)12(9(2)3)15-13(16)10-7-5-6-8-11(10)19-15/h5-9,12H,4H2,1-3H3/t12-/m0/s1. The first-order chi connectivity index (χ1) is 9.06. The fourth-order valence-electron chi connectivity index (χ4n) is 2.04. The van der Waals surface area contributed by atoms with E-state index in [9.17, 15) is 9.59 Å². The summed E-state index contributed by atoms with van der Waals surface area (Å²) in [6.45, 7) is 5.99. The molecular weight excluding hydrogens is 309 g/mol. The Labute approximate surface area is 118 Å². The molecule has 0 unspecified atom stereocenters. The predicted octanol–water partition coefficient (Wildman–Crippen LogP) is 1.82. The van der Waals surface area contributed by atoms with Crippen molar-refractivity contribution in [1.29, 1.82) is 0 Å². The van der Waals surface area contributed by atoms with Gasteiger partial charge in [-0.25, -0.2) is 0 Å². The van der Waals surface area contributed by atoms with Crippen LogP contribution in [0.2, 0.25) is 0 Å². The molecule has 0 saturated carbocycles. The van der Waals surface area contributed by atoms with E-state index in [4.69, 9.17) is 4.74 Å². The minimum atomic E-state index is -0.486. The van der Waals surface area contributed by atoms with Crippen molar-refractivity contribution >= 4 is 30.3 Å². The zero-order valence-electron chi connectivity index (χ0n) is 11.3. The maximum absolute atomic E-state index is 12.4. The first kappa shape index (κ1) is 14.1. The number of aromatic nitrogens is 1. The Morgan fingerprint density at radius 3 is 2.63 bits per heavy atom. The predicted molar refractivity (Wildman–Crippen MR) is 75.7 cm³/mol. The molecule has 0 aliphatic rings. The van der Waals surface area contributed by atoms with E-state index in [-0.39, 0.29) is 32.2 Å². The Kier molecular flexibility index (Phi) is 4.27. The van der Waals surface area contributed by atoms with E-state index in [0.29, 0.717) is 6.61 Å². The van der Waals surface area contributed by atoms with Crippen molar-refractivity contribution in [2.24, 2.45) is 5.92 Å². The summed E-state index contributed by atoms with van der Waals surface area (Å²) in [5.41, 5.74) is -0.0534. The molecule has 0 N–H and O–H groups in total. The molecule has 0 radical (unpaired) electrons. The molecule has 0 spiro atoms. The van der Waals surface area contributed by atoms with Gasteiger partial charge in [0.25, 0.3) is 0 Å². The van der Waals surface area contributed by atoms with E-state index < -0.39 is 6.04 Å². The summed E-state index contributed by atoms with van der Waals surface area (Å²) in [6, 6.07) is 7.06. The van der Waals surface area contributed by atoms with Gasteiger partial charge in [-0.15, -0.1) is 0 Å². The van der Waals surface area contributed by atoms with Gasteiger partial charge < -0.3 is 0 Å². The van der Waals surface area contributed by atoms with Gasteiger partial charge in [-0.1, -0.05) is 0 Å². The van der Waals surface area contributed by atoms with Gasteiger partial charge in [0.05, 0.1) is 0 Å². The quantitative estimate of drug-likeness (QED) is 0.636. The summed E-state index contributed by atoms with van der Waals surface area (Å²) in [4.78, 5) is 24.4. The Balaban J connectivity index is 2.54. The van der Waals surface area contributed by atoms with Crippen molar-refractivity contribution in [3.05, 3.63) is 34.6 Å². The molecule has 0 aliphatic carbocycles. The molecule has 102 valence electrons. The number of nitrogens with zero attached hydrogens (tertiary/aromatic N) is 1. The summed E-state index contributed by atoms with van der Waals surface area (Å²) in [5.74, 6) is -0.264. The first-order valence-electron chi connectivity index (χ1n) is 6.33. The normalized spacial score (nSPS) is 12.8. The fraction of sp³-hybridized carbons (Fsp3) is 0.429. The van der Waals surface area contributed by atoms with Crippen LogP contribution in [-0.4, -0.2) is 30.9 Å². The van der Waals surface area contributed by atoms with Crippen molar-refractivity contribution in [1.82, 2.24) is 3.56 Å². The number of ether oxygens (including phenoxy) is 1. The van der Waals surface area contributed by atoms with E-state index in [2.05, 4.69) is 0 Å². The number of hydrogen-bond acceptors (Lipinski definition) is 3. The molecule has 0 amide bonds. The SMILES string of the molecule is CCOC(=O)[C@H](C(C)C)n1[se]c2ccccc2c1=O. The monoisotopic (exact) mass is 327 g/mol. The maximum atomic E-state index is 12.4. The molecule has 2 rings (SSSR count).